The van der Waals surface area contributed by atoms with Gasteiger partial charge in [0.1, 0.15) is 0 Å². The number of halogens is 3. The van der Waals surface area contributed by atoms with Gasteiger partial charge in [-0.3, -0.25) is 15.1 Å². The standard InChI is InChI=1S/C17H16F3N3O2/c1-9-7-10(2)21-11(3)14(9)22-16(25)23-15(24)12-5-4-6-13(8-12)17(18,19)20/h4-8H,1-3H3,(H2,22,23,24,25). The van der Waals surface area contributed by atoms with E-state index in [2.05, 4.69) is 10.3 Å². The second kappa shape index (κ2) is 6.92. The average Bonchev–Trinajstić information content (AvgIpc) is 2.50. The molecule has 2 N–H and O–H groups in total. The predicted octanol–water partition coefficient (Wildman–Crippen LogP) is 3.99. The van der Waals surface area contributed by atoms with Crippen LogP contribution in [0.3, 0.4) is 0 Å². The number of nitrogens with zero attached hydrogens (tertiary/aromatic N) is 1. The minimum atomic E-state index is -4.57. The van der Waals surface area contributed by atoms with Crippen LogP contribution in [0, 0.1) is 20.8 Å². The number of carbonyl (C=O) groups excluding carboxylic acids is 2. The molecule has 25 heavy (non-hydrogen) atoms. The Hall–Kier alpha value is -2.90. The number of hydrogen-bond acceptors (Lipinski definition) is 3. The fourth-order valence-electron chi connectivity index (χ4n) is 2.37. The summed E-state index contributed by atoms with van der Waals surface area (Å²) in [5, 5.41) is 4.50. The van der Waals surface area contributed by atoms with E-state index in [1.165, 1.54) is 6.07 Å². The SMILES string of the molecule is Cc1cc(C)c(NC(=O)NC(=O)c2cccc(C(F)(F)F)c2)c(C)n1. The molecule has 0 aliphatic rings. The number of urea groups is 1. The molecule has 0 bridgehead atoms. The van der Waals surface area contributed by atoms with Gasteiger partial charge in [0, 0.05) is 11.3 Å². The van der Waals surface area contributed by atoms with Crippen molar-refractivity contribution in [1.82, 2.24) is 10.3 Å². The van der Waals surface area contributed by atoms with Gasteiger partial charge >= 0.3 is 12.2 Å². The molecule has 132 valence electrons. The minimum Gasteiger partial charge on any atom is -0.306 e. The molecule has 0 atom stereocenters. The van der Waals surface area contributed by atoms with Crippen molar-refractivity contribution in [1.29, 1.82) is 0 Å². The van der Waals surface area contributed by atoms with Crippen LogP contribution in [0.1, 0.15) is 32.9 Å². The first kappa shape index (κ1) is 18.4. The summed E-state index contributed by atoms with van der Waals surface area (Å²) < 4.78 is 38.1. The summed E-state index contributed by atoms with van der Waals surface area (Å²) in [6.45, 7) is 5.27. The van der Waals surface area contributed by atoms with E-state index in [0.29, 0.717) is 17.4 Å². The molecule has 0 fully saturated rings. The van der Waals surface area contributed by atoms with E-state index in [1.807, 2.05) is 5.32 Å². The summed E-state index contributed by atoms with van der Waals surface area (Å²) in [6, 6.07) is 4.75. The Morgan fingerprint density at radius 1 is 1.08 bits per heavy atom. The van der Waals surface area contributed by atoms with E-state index in [9.17, 15) is 22.8 Å². The zero-order valence-electron chi connectivity index (χ0n) is 13.8. The maximum absolute atomic E-state index is 12.7. The van der Waals surface area contributed by atoms with Crippen LogP contribution in [-0.4, -0.2) is 16.9 Å². The third kappa shape index (κ3) is 4.56. The van der Waals surface area contributed by atoms with Crippen LogP contribution in [0.4, 0.5) is 23.7 Å². The summed E-state index contributed by atoms with van der Waals surface area (Å²) in [7, 11) is 0. The van der Waals surface area contributed by atoms with Crippen LogP contribution in [0.25, 0.3) is 0 Å². The van der Waals surface area contributed by atoms with E-state index in [4.69, 9.17) is 0 Å². The monoisotopic (exact) mass is 351 g/mol. The van der Waals surface area contributed by atoms with Crippen molar-refractivity contribution in [3.63, 3.8) is 0 Å². The number of hydrogen-bond donors (Lipinski definition) is 2. The average molecular weight is 351 g/mol. The van der Waals surface area contributed by atoms with Crippen LogP contribution >= 0.6 is 0 Å². The molecule has 1 heterocycles. The molecule has 0 aliphatic carbocycles. The molecule has 0 radical (unpaired) electrons. The van der Waals surface area contributed by atoms with Crippen molar-refractivity contribution >= 4 is 17.6 Å². The van der Waals surface area contributed by atoms with Gasteiger partial charge in [-0.2, -0.15) is 13.2 Å². The van der Waals surface area contributed by atoms with Crippen molar-refractivity contribution < 1.29 is 22.8 Å². The smallest absolute Gasteiger partial charge is 0.306 e. The van der Waals surface area contributed by atoms with Gasteiger partial charge in [-0.25, -0.2) is 4.79 Å². The Labute approximate surface area is 142 Å². The Kier molecular flexibility index (Phi) is 5.10. The lowest BCUT2D eigenvalue weighted by Gasteiger charge is -2.13. The number of carbonyl (C=O) groups is 2. The number of benzene rings is 1. The molecule has 1 aromatic heterocycles. The number of alkyl halides is 3. The van der Waals surface area contributed by atoms with Crippen LogP contribution < -0.4 is 10.6 Å². The Bertz CT molecular complexity index is 809. The topological polar surface area (TPSA) is 71.1 Å². The highest BCUT2D eigenvalue weighted by molar-refractivity contribution is 6.08. The number of amides is 3. The summed E-state index contributed by atoms with van der Waals surface area (Å²) in [4.78, 5) is 28.2. The summed E-state index contributed by atoms with van der Waals surface area (Å²) in [5.74, 6) is -0.932. The highest BCUT2D eigenvalue weighted by atomic mass is 19.4. The third-order valence-electron chi connectivity index (χ3n) is 3.44. The van der Waals surface area contributed by atoms with Gasteiger partial charge in [0.2, 0.25) is 0 Å². The molecular weight excluding hydrogens is 335 g/mol. The molecule has 0 spiro atoms. The second-order valence-corrected chi connectivity index (χ2v) is 5.53. The number of aryl methyl sites for hydroxylation is 3. The molecule has 1 aromatic carbocycles. The maximum Gasteiger partial charge on any atom is 0.416 e. The molecule has 0 saturated carbocycles. The fourth-order valence-corrected chi connectivity index (χ4v) is 2.37. The molecule has 0 unspecified atom stereocenters. The lowest BCUT2D eigenvalue weighted by Crippen LogP contribution is -2.35. The largest absolute Gasteiger partial charge is 0.416 e. The fraction of sp³-hybridized carbons (Fsp3) is 0.235. The van der Waals surface area contributed by atoms with E-state index in [-0.39, 0.29) is 5.56 Å². The lowest BCUT2D eigenvalue weighted by atomic mass is 10.1. The van der Waals surface area contributed by atoms with Crippen LogP contribution in [0.15, 0.2) is 30.3 Å². The van der Waals surface area contributed by atoms with Crippen LogP contribution in [0.2, 0.25) is 0 Å². The Morgan fingerprint density at radius 3 is 2.36 bits per heavy atom. The normalized spacial score (nSPS) is 11.1. The van der Waals surface area contributed by atoms with Gasteiger partial charge in [0.25, 0.3) is 5.91 Å². The summed E-state index contributed by atoms with van der Waals surface area (Å²) >= 11 is 0. The number of rotatable bonds is 2. The van der Waals surface area contributed by atoms with Crippen molar-refractivity contribution in [3.8, 4) is 0 Å². The summed E-state index contributed by atoms with van der Waals surface area (Å²) in [6.07, 6.45) is -4.57. The number of nitrogens with one attached hydrogen (secondary N) is 2. The molecule has 2 aromatic rings. The van der Waals surface area contributed by atoms with Crippen LogP contribution in [-0.2, 0) is 6.18 Å². The van der Waals surface area contributed by atoms with E-state index in [1.54, 1.807) is 26.8 Å². The van der Waals surface area contributed by atoms with Crippen molar-refractivity contribution in [2.45, 2.75) is 26.9 Å². The molecule has 8 heteroatoms. The quantitative estimate of drug-likeness (QED) is 0.859. The number of anilines is 1. The van der Waals surface area contributed by atoms with E-state index in [0.717, 1.165) is 23.4 Å². The van der Waals surface area contributed by atoms with Crippen molar-refractivity contribution in [3.05, 3.63) is 58.4 Å². The van der Waals surface area contributed by atoms with Gasteiger partial charge in [0.15, 0.2) is 0 Å². The van der Waals surface area contributed by atoms with Gasteiger partial charge in [0.05, 0.1) is 16.9 Å². The first-order valence-electron chi connectivity index (χ1n) is 7.32. The van der Waals surface area contributed by atoms with Gasteiger partial charge in [-0.15, -0.1) is 0 Å². The number of aromatic nitrogens is 1. The molecule has 0 aliphatic heterocycles. The highest BCUT2D eigenvalue weighted by Gasteiger charge is 2.31. The second-order valence-electron chi connectivity index (χ2n) is 5.53. The number of pyridine rings is 1. The molecule has 0 saturated heterocycles. The van der Waals surface area contributed by atoms with Crippen molar-refractivity contribution in [2.75, 3.05) is 5.32 Å². The van der Waals surface area contributed by atoms with E-state index >= 15 is 0 Å². The molecule has 2 rings (SSSR count). The Morgan fingerprint density at radius 2 is 1.76 bits per heavy atom. The molecule has 3 amide bonds. The predicted molar refractivity (Wildman–Crippen MR) is 86.4 cm³/mol. The third-order valence-corrected chi connectivity index (χ3v) is 3.44. The van der Waals surface area contributed by atoms with E-state index < -0.39 is 23.7 Å². The summed E-state index contributed by atoms with van der Waals surface area (Å²) in [5.41, 5.74) is 1.32. The minimum absolute atomic E-state index is 0.263. The van der Waals surface area contributed by atoms with Gasteiger partial charge in [-0.05, 0) is 50.6 Å². The lowest BCUT2D eigenvalue weighted by molar-refractivity contribution is -0.137. The zero-order valence-corrected chi connectivity index (χ0v) is 13.8. The highest BCUT2D eigenvalue weighted by Crippen LogP contribution is 2.29. The molecule has 5 nitrogen and oxygen atoms in total. The van der Waals surface area contributed by atoms with Crippen molar-refractivity contribution in [2.24, 2.45) is 0 Å². The first-order chi connectivity index (χ1) is 11.6. The van der Waals surface area contributed by atoms with Gasteiger partial charge in [-0.1, -0.05) is 6.07 Å². The van der Waals surface area contributed by atoms with Crippen LogP contribution in [0.5, 0.6) is 0 Å². The first-order valence-corrected chi connectivity index (χ1v) is 7.32. The molecular formula is C17H16F3N3O2. The zero-order chi connectivity index (χ0) is 18.8. The maximum atomic E-state index is 12.7. The Balaban J connectivity index is 2.13. The van der Waals surface area contributed by atoms with Gasteiger partial charge < -0.3 is 5.32 Å². The number of imide groups is 1.